The molecule has 4 heteroatoms. The third-order valence-corrected chi connectivity index (χ3v) is 1.93. The monoisotopic (exact) mass is 187 g/mol. The first kappa shape index (κ1) is 8.62. The zero-order chi connectivity index (χ0) is 9.80. The van der Waals surface area contributed by atoms with E-state index < -0.39 is 0 Å². The van der Waals surface area contributed by atoms with E-state index in [0.717, 1.165) is 11.8 Å². The van der Waals surface area contributed by atoms with Crippen molar-refractivity contribution in [3.8, 4) is 0 Å². The number of nitrogens with zero attached hydrogens (tertiary/aromatic N) is 3. The average molecular weight is 187 g/mol. The summed E-state index contributed by atoms with van der Waals surface area (Å²) >= 11 is 0. The van der Waals surface area contributed by atoms with E-state index in [1.54, 1.807) is 29.2 Å². The average Bonchev–Trinajstić information content (AvgIpc) is 2.72. The Hall–Kier alpha value is -1.97. The highest BCUT2D eigenvalue weighted by atomic mass is 16.1. The summed E-state index contributed by atoms with van der Waals surface area (Å²) in [7, 11) is 0. The predicted molar refractivity (Wildman–Crippen MR) is 51.0 cm³/mol. The van der Waals surface area contributed by atoms with Gasteiger partial charge in [-0.2, -0.15) is 0 Å². The molecule has 1 aromatic carbocycles. The molecule has 0 aliphatic heterocycles. The first-order chi connectivity index (χ1) is 6.88. The SMILES string of the molecule is O=Cc1ccc(Cn2ccnn2)cc1. The summed E-state index contributed by atoms with van der Waals surface area (Å²) in [4.78, 5) is 10.4. The molecule has 0 N–H and O–H groups in total. The molecule has 0 amide bonds. The molecule has 0 saturated heterocycles. The summed E-state index contributed by atoms with van der Waals surface area (Å²) in [6, 6.07) is 7.40. The third kappa shape index (κ3) is 1.85. The van der Waals surface area contributed by atoms with E-state index in [4.69, 9.17) is 0 Å². The van der Waals surface area contributed by atoms with Crippen LogP contribution < -0.4 is 0 Å². The van der Waals surface area contributed by atoms with Crippen molar-refractivity contribution in [3.05, 3.63) is 47.8 Å². The Morgan fingerprint density at radius 1 is 1.29 bits per heavy atom. The van der Waals surface area contributed by atoms with Crippen LogP contribution in [0.2, 0.25) is 0 Å². The van der Waals surface area contributed by atoms with Gasteiger partial charge in [-0.15, -0.1) is 5.10 Å². The van der Waals surface area contributed by atoms with Crippen LogP contribution in [0.3, 0.4) is 0 Å². The molecule has 2 rings (SSSR count). The van der Waals surface area contributed by atoms with Crippen LogP contribution in [0.1, 0.15) is 15.9 Å². The topological polar surface area (TPSA) is 47.8 Å². The van der Waals surface area contributed by atoms with Gasteiger partial charge in [-0.1, -0.05) is 29.5 Å². The van der Waals surface area contributed by atoms with Gasteiger partial charge in [-0.05, 0) is 5.56 Å². The molecule has 0 unspecified atom stereocenters. The number of aromatic nitrogens is 3. The normalized spacial score (nSPS) is 10.0. The van der Waals surface area contributed by atoms with Gasteiger partial charge < -0.3 is 0 Å². The Kier molecular flexibility index (Phi) is 2.36. The maximum Gasteiger partial charge on any atom is 0.150 e. The van der Waals surface area contributed by atoms with Crippen LogP contribution in [-0.4, -0.2) is 21.3 Å². The molecule has 0 aliphatic rings. The quantitative estimate of drug-likeness (QED) is 0.677. The minimum Gasteiger partial charge on any atom is -0.298 e. The molecule has 4 nitrogen and oxygen atoms in total. The van der Waals surface area contributed by atoms with E-state index in [-0.39, 0.29) is 0 Å². The van der Waals surface area contributed by atoms with Gasteiger partial charge in [0.05, 0.1) is 12.7 Å². The number of benzene rings is 1. The van der Waals surface area contributed by atoms with Gasteiger partial charge in [-0.25, -0.2) is 4.68 Å². The second-order valence-electron chi connectivity index (χ2n) is 2.96. The highest BCUT2D eigenvalue weighted by molar-refractivity contribution is 5.74. The van der Waals surface area contributed by atoms with Crippen LogP contribution >= 0.6 is 0 Å². The highest BCUT2D eigenvalue weighted by Gasteiger charge is 1.95. The highest BCUT2D eigenvalue weighted by Crippen LogP contribution is 2.03. The number of rotatable bonds is 3. The Morgan fingerprint density at radius 3 is 2.64 bits per heavy atom. The fourth-order valence-corrected chi connectivity index (χ4v) is 1.21. The fourth-order valence-electron chi connectivity index (χ4n) is 1.21. The molecule has 0 fully saturated rings. The minimum absolute atomic E-state index is 0.680. The molecule has 1 heterocycles. The number of aldehydes is 1. The molecular formula is C10H9N3O. The van der Waals surface area contributed by atoms with Crippen LogP contribution in [0.5, 0.6) is 0 Å². The van der Waals surface area contributed by atoms with E-state index in [1.165, 1.54) is 0 Å². The minimum atomic E-state index is 0.680. The van der Waals surface area contributed by atoms with Gasteiger partial charge >= 0.3 is 0 Å². The summed E-state index contributed by atoms with van der Waals surface area (Å²) in [5.41, 5.74) is 1.79. The van der Waals surface area contributed by atoms with Crippen molar-refractivity contribution in [2.75, 3.05) is 0 Å². The maximum absolute atomic E-state index is 10.4. The van der Waals surface area contributed by atoms with E-state index in [2.05, 4.69) is 10.3 Å². The Bertz CT molecular complexity index is 405. The molecule has 70 valence electrons. The zero-order valence-corrected chi connectivity index (χ0v) is 7.50. The fraction of sp³-hybridized carbons (Fsp3) is 0.100. The van der Waals surface area contributed by atoms with E-state index >= 15 is 0 Å². The lowest BCUT2D eigenvalue weighted by Crippen LogP contribution is -2.00. The third-order valence-electron chi connectivity index (χ3n) is 1.93. The summed E-state index contributed by atoms with van der Waals surface area (Å²) in [5, 5.41) is 7.56. The molecular weight excluding hydrogens is 178 g/mol. The molecule has 0 atom stereocenters. The second kappa shape index (κ2) is 3.83. The molecule has 14 heavy (non-hydrogen) atoms. The van der Waals surface area contributed by atoms with Crippen molar-refractivity contribution in [1.29, 1.82) is 0 Å². The van der Waals surface area contributed by atoms with Crippen molar-refractivity contribution in [1.82, 2.24) is 15.0 Å². The second-order valence-corrected chi connectivity index (χ2v) is 2.96. The van der Waals surface area contributed by atoms with E-state index in [0.29, 0.717) is 12.1 Å². The lowest BCUT2D eigenvalue weighted by Gasteiger charge is -2.00. The van der Waals surface area contributed by atoms with Crippen molar-refractivity contribution < 1.29 is 4.79 Å². The lowest BCUT2D eigenvalue weighted by atomic mass is 10.1. The van der Waals surface area contributed by atoms with Crippen LogP contribution in [0.4, 0.5) is 0 Å². The van der Waals surface area contributed by atoms with Crippen LogP contribution in [0.15, 0.2) is 36.7 Å². The van der Waals surface area contributed by atoms with Crippen LogP contribution in [0, 0.1) is 0 Å². The molecule has 0 radical (unpaired) electrons. The van der Waals surface area contributed by atoms with Gasteiger partial charge in [0.15, 0.2) is 0 Å². The first-order valence-electron chi connectivity index (χ1n) is 4.27. The Labute approximate surface area is 81.2 Å². The molecule has 1 aromatic heterocycles. The van der Waals surface area contributed by atoms with Crippen LogP contribution in [-0.2, 0) is 6.54 Å². The molecule has 2 aromatic rings. The van der Waals surface area contributed by atoms with Crippen molar-refractivity contribution in [3.63, 3.8) is 0 Å². The summed E-state index contributed by atoms with van der Waals surface area (Å²) in [5.74, 6) is 0. The first-order valence-corrected chi connectivity index (χ1v) is 4.27. The zero-order valence-electron chi connectivity index (χ0n) is 7.50. The summed E-state index contributed by atoms with van der Waals surface area (Å²) in [6.45, 7) is 0.680. The number of carbonyl (C=O) groups excluding carboxylic acids is 1. The summed E-state index contributed by atoms with van der Waals surface area (Å²) < 4.78 is 1.73. The predicted octanol–water partition coefficient (Wildman–Crippen LogP) is 1.14. The maximum atomic E-state index is 10.4. The van der Waals surface area contributed by atoms with Gasteiger partial charge in [0.1, 0.15) is 6.29 Å². The van der Waals surface area contributed by atoms with Crippen LogP contribution in [0.25, 0.3) is 0 Å². The van der Waals surface area contributed by atoms with Gasteiger partial charge in [0.2, 0.25) is 0 Å². The van der Waals surface area contributed by atoms with Crippen molar-refractivity contribution in [2.45, 2.75) is 6.54 Å². The van der Waals surface area contributed by atoms with Gasteiger partial charge in [-0.3, -0.25) is 4.79 Å². The number of hydrogen-bond donors (Lipinski definition) is 0. The number of carbonyl (C=O) groups is 1. The van der Waals surface area contributed by atoms with Gasteiger partial charge in [0, 0.05) is 11.8 Å². The molecule has 0 spiro atoms. The van der Waals surface area contributed by atoms with E-state index in [1.807, 2.05) is 12.1 Å². The Balaban J connectivity index is 2.14. The molecule has 0 aliphatic carbocycles. The Morgan fingerprint density at radius 2 is 2.07 bits per heavy atom. The number of hydrogen-bond acceptors (Lipinski definition) is 3. The van der Waals surface area contributed by atoms with Gasteiger partial charge in [0.25, 0.3) is 0 Å². The van der Waals surface area contributed by atoms with Crippen molar-refractivity contribution in [2.24, 2.45) is 0 Å². The van der Waals surface area contributed by atoms with Crippen molar-refractivity contribution >= 4 is 6.29 Å². The molecule has 0 bridgehead atoms. The van der Waals surface area contributed by atoms with E-state index in [9.17, 15) is 4.79 Å². The smallest absolute Gasteiger partial charge is 0.150 e. The lowest BCUT2D eigenvalue weighted by molar-refractivity contribution is 0.112. The molecule has 0 saturated carbocycles. The largest absolute Gasteiger partial charge is 0.298 e. The summed E-state index contributed by atoms with van der Waals surface area (Å²) in [6.07, 6.45) is 4.27. The standard InChI is InChI=1S/C10H9N3O/c14-8-10-3-1-9(2-4-10)7-13-6-5-11-12-13/h1-6,8H,7H2.